The van der Waals surface area contributed by atoms with Gasteiger partial charge in [-0.1, -0.05) is 25.5 Å². The Hall–Kier alpha value is -1.84. The third kappa shape index (κ3) is 1.89. The number of ether oxygens (including phenoxy) is 1. The standard InChI is InChI=1S/C18H20FNO2/c1-2-3-8-22-13-7-6-12(19)15-14-10-4-5-11(9-10)17(14)20-18(21)16(13)15/h4-7,10-11,14,17H,2-3,8-9H2,1H3,(H,20,21). The van der Waals surface area contributed by atoms with Crippen LogP contribution in [-0.4, -0.2) is 18.6 Å². The van der Waals surface area contributed by atoms with Gasteiger partial charge in [0.05, 0.1) is 12.2 Å². The van der Waals surface area contributed by atoms with Crippen LogP contribution < -0.4 is 10.1 Å². The molecule has 4 heteroatoms. The summed E-state index contributed by atoms with van der Waals surface area (Å²) in [4.78, 5) is 12.5. The van der Waals surface area contributed by atoms with E-state index in [0.29, 0.717) is 35.3 Å². The zero-order valence-corrected chi connectivity index (χ0v) is 12.6. The van der Waals surface area contributed by atoms with Crippen molar-refractivity contribution in [1.82, 2.24) is 5.32 Å². The number of fused-ring (bicyclic) bond motifs is 7. The van der Waals surface area contributed by atoms with E-state index >= 15 is 0 Å². The molecule has 0 radical (unpaired) electrons. The molecule has 1 amide bonds. The lowest BCUT2D eigenvalue weighted by Crippen LogP contribution is -2.47. The first-order valence-electron chi connectivity index (χ1n) is 8.15. The predicted octanol–water partition coefficient (Wildman–Crippen LogP) is 3.41. The number of halogens is 1. The molecule has 3 aliphatic rings. The van der Waals surface area contributed by atoms with Crippen molar-refractivity contribution >= 4 is 5.91 Å². The molecule has 1 aliphatic heterocycles. The Labute approximate surface area is 129 Å². The minimum absolute atomic E-state index is 0.0374. The number of benzene rings is 1. The zero-order chi connectivity index (χ0) is 15.3. The molecule has 1 aromatic carbocycles. The summed E-state index contributed by atoms with van der Waals surface area (Å²) in [7, 11) is 0. The van der Waals surface area contributed by atoms with Gasteiger partial charge in [0.25, 0.3) is 5.91 Å². The minimum Gasteiger partial charge on any atom is -0.493 e. The van der Waals surface area contributed by atoms with Crippen LogP contribution in [0.4, 0.5) is 4.39 Å². The Bertz CT molecular complexity index is 655. The largest absolute Gasteiger partial charge is 0.493 e. The average Bonchev–Trinajstić information content (AvgIpc) is 3.11. The van der Waals surface area contributed by atoms with Crippen molar-refractivity contribution in [1.29, 1.82) is 0 Å². The van der Waals surface area contributed by atoms with E-state index in [1.165, 1.54) is 6.07 Å². The van der Waals surface area contributed by atoms with Gasteiger partial charge >= 0.3 is 0 Å². The zero-order valence-electron chi connectivity index (χ0n) is 12.6. The van der Waals surface area contributed by atoms with Crippen LogP contribution in [0.3, 0.4) is 0 Å². The highest BCUT2D eigenvalue weighted by molar-refractivity contribution is 6.00. The second-order valence-electron chi connectivity index (χ2n) is 6.51. The highest BCUT2D eigenvalue weighted by Gasteiger charge is 2.51. The van der Waals surface area contributed by atoms with Crippen molar-refractivity contribution in [3.8, 4) is 5.75 Å². The van der Waals surface area contributed by atoms with Gasteiger partial charge in [-0.15, -0.1) is 0 Å². The van der Waals surface area contributed by atoms with Gasteiger partial charge in [0, 0.05) is 17.5 Å². The number of allylic oxidation sites excluding steroid dienone is 1. The number of rotatable bonds is 4. The van der Waals surface area contributed by atoms with E-state index in [-0.39, 0.29) is 23.7 Å². The summed E-state index contributed by atoms with van der Waals surface area (Å²) in [6.45, 7) is 2.64. The summed E-state index contributed by atoms with van der Waals surface area (Å²) < 4.78 is 20.3. The average molecular weight is 301 g/mol. The van der Waals surface area contributed by atoms with Gasteiger partial charge in [-0.25, -0.2) is 4.39 Å². The topological polar surface area (TPSA) is 38.3 Å². The lowest BCUT2D eigenvalue weighted by atomic mass is 9.77. The van der Waals surface area contributed by atoms with Gasteiger partial charge in [0.1, 0.15) is 11.6 Å². The van der Waals surface area contributed by atoms with Crippen molar-refractivity contribution in [3.63, 3.8) is 0 Å². The number of nitrogens with one attached hydrogen (secondary N) is 1. The predicted molar refractivity (Wildman–Crippen MR) is 81.5 cm³/mol. The molecular formula is C18H20FNO2. The second kappa shape index (κ2) is 5.11. The van der Waals surface area contributed by atoms with E-state index in [4.69, 9.17) is 4.74 Å². The minimum atomic E-state index is -0.274. The van der Waals surface area contributed by atoms with Crippen molar-refractivity contribution < 1.29 is 13.9 Å². The van der Waals surface area contributed by atoms with E-state index < -0.39 is 0 Å². The Morgan fingerprint density at radius 3 is 2.95 bits per heavy atom. The molecule has 0 aromatic heterocycles. The number of amides is 1. The molecule has 3 nitrogen and oxygen atoms in total. The molecule has 4 atom stereocenters. The quantitative estimate of drug-likeness (QED) is 0.683. The van der Waals surface area contributed by atoms with E-state index in [9.17, 15) is 9.18 Å². The lowest BCUT2D eigenvalue weighted by molar-refractivity contribution is 0.0903. The van der Waals surface area contributed by atoms with Crippen LogP contribution in [0, 0.1) is 17.7 Å². The van der Waals surface area contributed by atoms with Crippen molar-refractivity contribution in [2.24, 2.45) is 11.8 Å². The highest BCUT2D eigenvalue weighted by atomic mass is 19.1. The second-order valence-corrected chi connectivity index (χ2v) is 6.51. The number of unbranched alkanes of at least 4 members (excludes halogenated alkanes) is 1. The van der Waals surface area contributed by atoms with Crippen LogP contribution in [0.5, 0.6) is 5.75 Å². The van der Waals surface area contributed by atoms with Gasteiger partial charge in [-0.3, -0.25) is 4.79 Å². The summed E-state index contributed by atoms with van der Waals surface area (Å²) in [5, 5.41) is 3.09. The molecule has 1 saturated carbocycles. The Kier molecular flexibility index (Phi) is 3.21. The molecule has 116 valence electrons. The van der Waals surface area contributed by atoms with E-state index in [0.717, 1.165) is 19.3 Å². The van der Waals surface area contributed by atoms with E-state index in [1.54, 1.807) is 6.07 Å². The molecule has 0 saturated heterocycles. The van der Waals surface area contributed by atoms with Crippen LogP contribution in [-0.2, 0) is 0 Å². The van der Waals surface area contributed by atoms with Gasteiger partial charge < -0.3 is 10.1 Å². The lowest BCUT2D eigenvalue weighted by Gasteiger charge is -2.35. The Morgan fingerprint density at radius 1 is 1.32 bits per heavy atom. The van der Waals surface area contributed by atoms with Crippen LogP contribution in [0.15, 0.2) is 24.3 Å². The molecule has 1 fully saturated rings. The number of hydrogen-bond donors (Lipinski definition) is 1. The number of carbonyl (C=O) groups excluding carboxylic acids is 1. The molecule has 4 unspecified atom stereocenters. The maximum Gasteiger partial charge on any atom is 0.255 e. The third-order valence-corrected chi connectivity index (χ3v) is 5.23. The maximum absolute atomic E-state index is 14.5. The molecule has 1 aromatic rings. The number of carbonyl (C=O) groups is 1. The fourth-order valence-corrected chi connectivity index (χ4v) is 4.22. The maximum atomic E-state index is 14.5. The summed E-state index contributed by atoms with van der Waals surface area (Å²) >= 11 is 0. The van der Waals surface area contributed by atoms with Gasteiger partial charge in [0.15, 0.2) is 0 Å². The summed E-state index contributed by atoms with van der Waals surface area (Å²) in [5.74, 6) is 0.780. The van der Waals surface area contributed by atoms with E-state index in [2.05, 4.69) is 24.4 Å². The summed E-state index contributed by atoms with van der Waals surface area (Å²) in [6.07, 6.45) is 7.30. The molecular weight excluding hydrogens is 281 g/mol. The molecule has 2 bridgehead atoms. The molecule has 1 heterocycles. The first kappa shape index (κ1) is 13.8. The Balaban J connectivity index is 1.77. The van der Waals surface area contributed by atoms with Gasteiger partial charge in [-0.05, 0) is 36.8 Å². The van der Waals surface area contributed by atoms with Crippen molar-refractivity contribution in [3.05, 3.63) is 41.2 Å². The monoisotopic (exact) mass is 301 g/mol. The van der Waals surface area contributed by atoms with Crippen LogP contribution >= 0.6 is 0 Å². The normalized spacial score (nSPS) is 30.9. The van der Waals surface area contributed by atoms with Crippen LogP contribution in [0.25, 0.3) is 0 Å². The summed E-state index contributed by atoms with van der Waals surface area (Å²) in [5.41, 5.74) is 0.984. The van der Waals surface area contributed by atoms with E-state index in [1.807, 2.05) is 0 Å². The number of hydrogen-bond acceptors (Lipinski definition) is 2. The molecule has 4 rings (SSSR count). The molecule has 2 aliphatic carbocycles. The van der Waals surface area contributed by atoms with Gasteiger partial charge in [0.2, 0.25) is 0 Å². The van der Waals surface area contributed by atoms with Crippen molar-refractivity contribution in [2.45, 2.75) is 38.1 Å². The van der Waals surface area contributed by atoms with Crippen LogP contribution in [0.1, 0.15) is 48.0 Å². The summed E-state index contributed by atoms with van der Waals surface area (Å²) in [6, 6.07) is 3.08. The van der Waals surface area contributed by atoms with Gasteiger partial charge in [-0.2, -0.15) is 0 Å². The molecule has 22 heavy (non-hydrogen) atoms. The third-order valence-electron chi connectivity index (χ3n) is 5.23. The van der Waals surface area contributed by atoms with Crippen molar-refractivity contribution in [2.75, 3.05) is 6.61 Å². The molecule has 0 spiro atoms. The van der Waals surface area contributed by atoms with Crippen LogP contribution in [0.2, 0.25) is 0 Å². The smallest absolute Gasteiger partial charge is 0.255 e. The molecule has 1 N–H and O–H groups in total. The fourth-order valence-electron chi connectivity index (χ4n) is 4.22. The SMILES string of the molecule is CCCCOc1ccc(F)c2c1C(=O)NC1C3C=CC(C3)C21. The first-order chi connectivity index (χ1) is 10.7. The Morgan fingerprint density at radius 2 is 2.14 bits per heavy atom. The highest BCUT2D eigenvalue weighted by Crippen LogP contribution is 2.53. The fraction of sp³-hybridized carbons (Fsp3) is 0.500. The first-order valence-corrected chi connectivity index (χ1v) is 8.15.